The average molecular weight is 424 g/mol. The molecule has 0 saturated heterocycles. The van der Waals surface area contributed by atoms with Gasteiger partial charge in [0.15, 0.2) is 11.7 Å². The normalized spacial score (nSPS) is 23.1. The number of nitrogens with zero attached hydrogens (tertiary/aromatic N) is 5. The molecule has 0 fully saturated rings. The predicted octanol–water partition coefficient (Wildman–Crippen LogP) is 5.59. The van der Waals surface area contributed by atoms with E-state index in [4.69, 9.17) is 25.0 Å². The van der Waals surface area contributed by atoms with Gasteiger partial charge in [-0.15, -0.1) is 0 Å². The van der Waals surface area contributed by atoms with E-state index in [2.05, 4.69) is 50.3 Å². The summed E-state index contributed by atoms with van der Waals surface area (Å²) in [5, 5.41) is 0. The fourth-order valence-corrected chi connectivity index (χ4v) is 4.26. The molecular weight excluding hydrogens is 394 g/mol. The quantitative estimate of drug-likeness (QED) is 0.537. The van der Waals surface area contributed by atoms with E-state index in [1.54, 1.807) is 0 Å². The number of aromatic nitrogens is 1. The minimum absolute atomic E-state index is 0.00424. The first-order valence-corrected chi connectivity index (χ1v) is 11.8. The van der Waals surface area contributed by atoms with Crippen LogP contribution in [0.1, 0.15) is 63.8 Å². The van der Waals surface area contributed by atoms with E-state index in [-0.39, 0.29) is 12.1 Å². The fraction of sp³-hybridized carbons (Fsp3) is 0.370. The number of allylic oxidation sites excluding steroid dienone is 4. The van der Waals surface area contributed by atoms with Crippen LogP contribution in [0.3, 0.4) is 0 Å². The van der Waals surface area contributed by atoms with Crippen molar-refractivity contribution in [2.75, 3.05) is 0 Å². The summed E-state index contributed by atoms with van der Waals surface area (Å²) in [5.74, 6) is 1.38. The topological polar surface area (TPSA) is 62.3 Å². The van der Waals surface area contributed by atoms with Crippen LogP contribution >= 0.6 is 0 Å². The number of amidine groups is 2. The molecule has 2 aliphatic carbocycles. The second-order valence-electron chi connectivity index (χ2n) is 8.64. The summed E-state index contributed by atoms with van der Waals surface area (Å²) >= 11 is 0. The molecule has 4 aliphatic rings. The lowest BCUT2D eigenvalue weighted by molar-refractivity contribution is 0.796. The maximum atomic E-state index is 4.82. The number of hydrogen-bond acceptors (Lipinski definition) is 5. The van der Waals surface area contributed by atoms with Gasteiger partial charge in [-0.25, -0.2) is 15.0 Å². The first-order chi connectivity index (χ1) is 15.7. The Morgan fingerprint density at radius 2 is 1.22 bits per heavy atom. The van der Waals surface area contributed by atoms with Crippen molar-refractivity contribution in [3.8, 4) is 0 Å². The standard InChI is InChI=1S/C27H29N5/c1-3-5-8-18-12-14-20-24(16-18)31-26(29-20)22-10-7-11-23(28-22)27-30-21-15-13-19(9-6-4-2)17-25(21)32-27/h7,10-17,20-21H,3-6,8-9H2,1-2H3. The van der Waals surface area contributed by atoms with Gasteiger partial charge < -0.3 is 0 Å². The lowest BCUT2D eigenvalue weighted by Gasteiger charge is -2.10. The Kier molecular flexibility index (Phi) is 5.89. The third-order valence-electron chi connectivity index (χ3n) is 6.10. The van der Waals surface area contributed by atoms with Crippen LogP contribution in [0.25, 0.3) is 0 Å². The molecule has 5 rings (SSSR count). The third-order valence-corrected chi connectivity index (χ3v) is 6.10. The van der Waals surface area contributed by atoms with Crippen molar-refractivity contribution in [2.45, 2.75) is 64.5 Å². The molecule has 1 aromatic rings. The Labute approximate surface area is 189 Å². The van der Waals surface area contributed by atoms with Crippen LogP contribution in [0, 0.1) is 0 Å². The molecule has 0 radical (unpaired) electrons. The van der Waals surface area contributed by atoms with Crippen molar-refractivity contribution >= 4 is 23.1 Å². The fourth-order valence-electron chi connectivity index (χ4n) is 4.26. The lowest BCUT2D eigenvalue weighted by Crippen LogP contribution is -2.13. The zero-order chi connectivity index (χ0) is 21.9. The largest absolute Gasteiger partial charge is 0.251 e. The number of unbranched alkanes of at least 4 members (excludes halogenated alkanes) is 2. The maximum absolute atomic E-state index is 4.82. The van der Waals surface area contributed by atoms with Crippen LogP contribution in [0.15, 0.2) is 85.8 Å². The van der Waals surface area contributed by atoms with Crippen molar-refractivity contribution in [1.82, 2.24) is 4.98 Å². The van der Waals surface area contributed by atoms with Gasteiger partial charge in [0.05, 0.1) is 11.4 Å². The molecule has 32 heavy (non-hydrogen) atoms. The lowest BCUT2D eigenvalue weighted by atomic mass is 9.98. The van der Waals surface area contributed by atoms with Gasteiger partial charge in [-0.05, 0) is 61.1 Å². The minimum atomic E-state index is 0.00424. The summed E-state index contributed by atoms with van der Waals surface area (Å²) in [6, 6.07) is 5.93. The van der Waals surface area contributed by atoms with Gasteiger partial charge in [-0.2, -0.15) is 0 Å². The maximum Gasteiger partial charge on any atom is 0.174 e. The number of hydrogen-bond donors (Lipinski definition) is 0. The van der Waals surface area contributed by atoms with Gasteiger partial charge in [0.25, 0.3) is 0 Å². The van der Waals surface area contributed by atoms with Crippen LogP contribution in [0.4, 0.5) is 0 Å². The first-order valence-electron chi connectivity index (χ1n) is 11.8. The predicted molar refractivity (Wildman–Crippen MR) is 133 cm³/mol. The first kappa shape index (κ1) is 20.7. The monoisotopic (exact) mass is 423 g/mol. The Bertz CT molecular complexity index is 1070. The smallest absolute Gasteiger partial charge is 0.174 e. The van der Waals surface area contributed by atoms with E-state index < -0.39 is 0 Å². The SMILES string of the molecule is CCCCC1=CC2=NC(c3cccc(C4=NC5C=CC(CCCC)=CC5=N4)n3)=NC2C=C1. The van der Waals surface area contributed by atoms with Crippen molar-refractivity contribution in [3.05, 3.63) is 77.2 Å². The minimum Gasteiger partial charge on any atom is -0.251 e. The van der Waals surface area contributed by atoms with E-state index in [0.717, 1.165) is 35.7 Å². The second-order valence-corrected chi connectivity index (χ2v) is 8.64. The zero-order valence-electron chi connectivity index (χ0n) is 18.8. The Morgan fingerprint density at radius 1 is 0.719 bits per heavy atom. The zero-order valence-corrected chi connectivity index (χ0v) is 18.8. The van der Waals surface area contributed by atoms with Crippen LogP contribution < -0.4 is 0 Å². The van der Waals surface area contributed by atoms with Gasteiger partial charge in [0, 0.05) is 0 Å². The Balaban J connectivity index is 1.36. The molecule has 0 saturated carbocycles. The summed E-state index contributed by atoms with van der Waals surface area (Å²) in [7, 11) is 0. The van der Waals surface area contributed by atoms with Crippen molar-refractivity contribution in [1.29, 1.82) is 0 Å². The summed E-state index contributed by atoms with van der Waals surface area (Å²) in [5.41, 5.74) is 6.24. The molecule has 5 nitrogen and oxygen atoms in total. The highest BCUT2D eigenvalue weighted by molar-refractivity contribution is 6.19. The molecule has 0 amide bonds. The van der Waals surface area contributed by atoms with E-state index in [1.807, 2.05) is 18.2 Å². The van der Waals surface area contributed by atoms with Gasteiger partial charge in [-0.3, -0.25) is 9.98 Å². The van der Waals surface area contributed by atoms with E-state index >= 15 is 0 Å². The third kappa shape index (κ3) is 4.24. The number of rotatable bonds is 8. The molecule has 0 N–H and O–H groups in total. The highest BCUT2D eigenvalue weighted by atomic mass is 15.1. The van der Waals surface area contributed by atoms with E-state index in [1.165, 1.54) is 36.8 Å². The van der Waals surface area contributed by atoms with Crippen LogP contribution in [0.5, 0.6) is 0 Å². The highest BCUT2D eigenvalue weighted by Gasteiger charge is 2.26. The number of aliphatic imine (C=N–C) groups is 4. The van der Waals surface area contributed by atoms with Crippen LogP contribution in [-0.4, -0.2) is 40.2 Å². The molecule has 1 aromatic heterocycles. The van der Waals surface area contributed by atoms with Crippen LogP contribution in [0.2, 0.25) is 0 Å². The van der Waals surface area contributed by atoms with Crippen molar-refractivity contribution < 1.29 is 0 Å². The molecular formula is C27H29N5. The average Bonchev–Trinajstić information content (AvgIpc) is 3.45. The highest BCUT2D eigenvalue weighted by Crippen LogP contribution is 2.24. The molecule has 0 bridgehead atoms. The second kappa shape index (κ2) is 9.11. The summed E-state index contributed by atoms with van der Waals surface area (Å²) in [6.07, 6.45) is 20.0. The van der Waals surface area contributed by atoms with Gasteiger partial charge in [-0.1, -0.05) is 57.1 Å². The molecule has 162 valence electrons. The van der Waals surface area contributed by atoms with Crippen molar-refractivity contribution in [2.24, 2.45) is 20.0 Å². The number of pyridine rings is 1. The van der Waals surface area contributed by atoms with Gasteiger partial charge in [0.2, 0.25) is 0 Å². The Morgan fingerprint density at radius 3 is 1.69 bits per heavy atom. The Hall–Kier alpha value is -3.21. The summed E-state index contributed by atoms with van der Waals surface area (Å²) in [4.78, 5) is 24.0. The molecule has 2 atom stereocenters. The number of fused-ring (bicyclic) bond motifs is 2. The molecule has 0 aromatic carbocycles. The van der Waals surface area contributed by atoms with E-state index in [0.29, 0.717) is 11.7 Å². The molecule has 2 aliphatic heterocycles. The van der Waals surface area contributed by atoms with Gasteiger partial charge >= 0.3 is 0 Å². The summed E-state index contributed by atoms with van der Waals surface area (Å²) < 4.78 is 0. The van der Waals surface area contributed by atoms with Crippen LogP contribution in [-0.2, 0) is 0 Å². The molecule has 3 heterocycles. The molecule has 2 unspecified atom stereocenters. The summed E-state index contributed by atoms with van der Waals surface area (Å²) in [6.45, 7) is 4.43. The van der Waals surface area contributed by atoms with Gasteiger partial charge in [0.1, 0.15) is 23.5 Å². The van der Waals surface area contributed by atoms with E-state index in [9.17, 15) is 0 Å². The molecule has 0 spiro atoms. The molecule has 5 heteroatoms. The van der Waals surface area contributed by atoms with Crippen molar-refractivity contribution in [3.63, 3.8) is 0 Å².